The second-order valence-electron chi connectivity index (χ2n) is 9.11. The zero-order chi connectivity index (χ0) is 20.6. The topological polar surface area (TPSA) is 9.23 Å². The highest BCUT2D eigenvalue weighted by Crippen LogP contribution is 2.37. The second kappa shape index (κ2) is 10.7. The van der Waals surface area contributed by atoms with Crippen LogP contribution in [0.1, 0.15) is 90.7 Å². The van der Waals surface area contributed by atoms with Gasteiger partial charge in [0, 0.05) is 0 Å². The van der Waals surface area contributed by atoms with Crippen molar-refractivity contribution in [1.29, 1.82) is 0 Å². The molecule has 1 heterocycles. The molecule has 0 unspecified atom stereocenters. The van der Waals surface area contributed by atoms with Gasteiger partial charge in [-0.15, -0.1) is 0 Å². The fourth-order valence-electron chi connectivity index (χ4n) is 3.89. The average molecular weight is 381 g/mol. The van der Waals surface area contributed by atoms with Crippen LogP contribution < -0.4 is 4.74 Å². The Morgan fingerprint density at radius 3 is 2.29 bits per heavy atom. The van der Waals surface area contributed by atoms with Gasteiger partial charge < -0.3 is 4.74 Å². The number of rotatable bonds is 9. The summed E-state index contributed by atoms with van der Waals surface area (Å²) in [7, 11) is 0. The van der Waals surface area contributed by atoms with Crippen LogP contribution >= 0.6 is 0 Å². The van der Waals surface area contributed by atoms with E-state index in [0.717, 1.165) is 37.9 Å². The standard InChI is InChI=1S/C27H40O/c1-21(2)11-7-12-22(3)13-8-14-23(4)15-10-19-27(6)20-18-25-17-9-16-24(5)26(25)28-27/h9,11,13,15-17H,7-8,10,12,14,18-20H2,1-6H3/t27-/m1/s1. The molecule has 1 aromatic carbocycles. The van der Waals surface area contributed by atoms with Gasteiger partial charge in [-0.2, -0.15) is 0 Å². The van der Waals surface area contributed by atoms with Gasteiger partial charge in [-0.25, -0.2) is 0 Å². The molecule has 0 fully saturated rings. The van der Waals surface area contributed by atoms with E-state index in [4.69, 9.17) is 4.74 Å². The van der Waals surface area contributed by atoms with Crippen LogP contribution in [-0.2, 0) is 6.42 Å². The van der Waals surface area contributed by atoms with E-state index in [1.54, 1.807) is 0 Å². The molecular formula is C27H40O. The Hall–Kier alpha value is -1.76. The van der Waals surface area contributed by atoms with E-state index in [1.165, 1.54) is 47.1 Å². The van der Waals surface area contributed by atoms with Crippen molar-refractivity contribution in [2.75, 3.05) is 0 Å². The molecule has 0 amide bonds. The Bertz CT molecular complexity index is 731. The van der Waals surface area contributed by atoms with Crippen molar-refractivity contribution < 1.29 is 4.74 Å². The maximum absolute atomic E-state index is 6.46. The van der Waals surface area contributed by atoms with Gasteiger partial charge in [0.2, 0.25) is 0 Å². The first-order valence-corrected chi connectivity index (χ1v) is 11.0. The molecule has 1 nitrogen and oxygen atoms in total. The van der Waals surface area contributed by atoms with Crippen LogP contribution in [0.25, 0.3) is 0 Å². The highest BCUT2D eigenvalue weighted by Gasteiger charge is 2.31. The van der Waals surface area contributed by atoms with Gasteiger partial charge in [0.1, 0.15) is 11.4 Å². The molecule has 0 N–H and O–H groups in total. The smallest absolute Gasteiger partial charge is 0.126 e. The van der Waals surface area contributed by atoms with Gasteiger partial charge in [-0.1, -0.05) is 53.1 Å². The monoisotopic (exact) mass is 380 g/mol. The van der Waals surface area contributed by atoms with Gasteiger partial charge in [0.25, 0.3) is 0 Å². The summed E-state index contributed by atoms with van der Waals surface area (Å²) in [6, 6.07) is 6.51. The summed E-state index contributed by atoms with van der Waals surface area (Å²) in [5.41, 5.74) is 7.04. The molecule has 1 aliphatic rings. The van der Waals surface area contributed by atoms with Crippen LogP contribution in [0.5, 0.6) is 5.75 Å². The van der Waals surface area contributed by atoms with E-state index >= 15 is 0 Å². The maximum Gasteiger partial charge on any atom is 0.126 e. The first-order valence-electron chi connectivity index (χ1n) is 11.0. The minimum Gasteiger partial charge on any atom is -0.487 e. The van der Waals surface area contributed by atoms with E-state index in [1.807, 2.05) is 0 Å². The Balaban J connectivity index is 1.76. The number of hydrogen-bond acceptors (Lipinski definition) is 1. The lowest BCUT2D eigenvalue weighted by atomic mass is 9.87. The summed E-state index contributed by atoms with van der Waals surface area (Å²) in [5.74, 6) is 1.13. The van der Waals surface area contributed by atoms with E-state index in [9.17, 15) is 0 Å². The van der Waals surface area contributed by atoms with Crippen molar-refractivity contribution >= 4 is 0 Å². The minimum atomic E-state index is -0.0304. The predicted octanol–water partition coefficient (Wildman–Crippen LogP) is 8.28. The average Bonchev–Trinajstić information content (AvgIpc) is 2.62. The first-order chi connectivity index (χ1) is 13.3. The Morgan fingerprint density at radius 2 is 1.61 bits per heavy atom. The molecule has 0 aliphatic carbocycles. The predicted molar refractivity (Wildman–Crippen MR) is 123 cm³/mol. The molecule has 0 saturated heterocycles. The van der Waals surface area contributed by atoms with Crippen molar-refractivity contribution in [3.8, 4) is 5.75 Å². The summed E-state index contributed by atoms with van der Waals surface area (Å²) < 4.78 is 6.46. The summed E-state index contributed by atoms with van der Waals surface area (Å²) in [6.45, 7) is 13.3. The zero-order valence-electron chi connectivity index (χ0n) is 19.0. The van der Waals surface area contributed by atoms with Gasteiger partial charge in [-0.3, -0.25) is 0 Å². The molecule has 1 aliphatic heterocycles. The van der Waals surface area contributed by atoms with E-state index in [-0.39, 0.29) is 5.60 Å². The SMILES string of the molecule is CC(C)=CCCC(C)=CCCC(C)=CCC[C@]1(C)CCc2cccc(C)c2O1. The van der Waals surface area contributed by atoms with Gasteiger partial charge in [0.15, 0.2) is 0 Å². The number of allylic oxidation sites excluding steroid dienone is 6. The molecule has 28 heavy (non-hydrogen) atoms. The second-order valence-corrected chi connectivity index (χ2v) is 9.11. The molecule has 1 aromatic rings. The van der Waals surface area contributed by atoms with Crippen molar-refractivity contribution in [1.82, 2.24) is 0 Å². The Labute approximate surface area is 173 Å². The molecule has 0 bridgehead atoms. The summed E-state index contributed by atoms with van der Waals surface area (Å²) in [5, 5.41) is 0. The molecule has 1 heteroatoms. The van der Waals surface area contributed by atoms with Crippen molar-refractivity contribution in [2.24, 2.45) is 0 Å². The number of aryl methyl sites for hydroxylation is 2. The van der Waals surface area contributed by atoms with E-state index < -0.39 is 0 Å². The van der Waals surface area contributed by atoms with Crippen LogP contribution in [0.3, 0.4) is 0 Å². The zero-order valence-corrected chi connectivity index (χ0v) is 19.0. The molecule has 1 atom stereocenters. The molecule has 0 radical (unpaired) electrons. The molecule has 2 rings (SSSR count). The lowest BCUT2D eigenvalue weighted by Gasteiger charge is -2.36. The number of benzene rings is 1. The molecule has 0 aromatic heterocycles. The Kier molecular flexibility index (Phi) is 8.60. The molecule has 0 spiro atoms. The quantitative estimate of drug-likeness (QED) is 0.392. The van der Waals surface area contributed by atoms with Crippen LogP contribution in [0.2, 0.25) is 0 Å². The largest absolute Gasteiger partial charge is 0.487 e. The van der Waals surface area contributed by atoms with Crippen molar-refractivity contribution in [2.45, 2.75) is 98.5 Å². The Morgan fingerprint density at radius 1 is 0.964 bits per heavy atom. The molecular weight excluding hydrogens is 340 g/mol. The normalized spacial score (nSPS) is 19.8. The third kappa shape index (κ3) is 7.34. The number of para-hydroxylation sites is 1. The number of hydrogen-bond donors (Lipinski definition) is 0. The van der Waals surface area contributed by atoms with Crippen LogP contribution in [0, 0.1) is 6.92 Å². The fourth-order valence-corrected chi connectivity index (χ4v) is 3.89. The maximum atomic E-state index is 6.46. The van der Waals surface area contributed by atoms with Gasteiger partial charge in [-0.05, 0) is 104 Å². The van der Waals surface area contributed by atoms with Crippen LogP contribution in [-0.4, -0.2) is 5.60 Å². The third-order valence-electron chi connectivity index (χ3n) is 5.85. The van der Waals surface area contributed by atoms with Crippen molar-refractivity contribution in [3.05, 3.63) is 64.3 Å². The summed E-state index contributed by atoms with van der Waals surface area (Å²) in [6.07, 6.45) is 16.3. The first kappa shape index (κ1) is 22.5. The third-order valence-corrected chi connectivity index (χ3v) is 5.85. The van der Waals surface area contributed by atoms with E-state index in [2.05, 4.69) is 78.0 Å². The molecule has 154 valence electrons. The van der Waals surface area contributed by atoms with Gasteiger partial charge in [0.05, 0.1) is 0 Å². The van der Waals surface area contributed by atoms with Gasteiger partial charge >= 0.3 is 0 Å². The minimum absolute atomic E-state index is 0.0304. The number of fused-ring (bicyclic) bond motifs is 1. The van der Waals surface area contributed by atoms with Crippen molar-refractivity contribution in [3.63, 3.8) is 0 Å². The fraction of sp³-hybridized carbons (Fsp3) is 0.556. The van der Waals surface area contributed by atoms with E-state index in [0.29, 0.717) is 0 Å². The number of ether oxygens (including phenoxy) is 1. The lowest BCUT2D eigenvalue weighted by Crippen LogP contribution is -2.36. The highest BCUT2D eigenvalue weighted by atomic mass is 16.5. The summed E-state index contributed by atoms with van der Waals surface area (Å²) >= 11 is 0. The summed E-state index contributed by atoms with van der Waals surface area (Å²) in [4.78, 5) is 0. The molecule has 0 saturated carbocycles. The highest BCUT2D eigenvalue weighted by molar-refractivity contribution is 5.42. The van der Waals surface area contributed by atoms with Crippen LogP contribution in [0.4, 0.5) is 0 Å². The van der Waals surface area contributed by atoms with Crippen LogP contribution in [0.15, 0.2) is 53.1 Å². The lowest BCUT2D eigenvalue weighted by molar-refractivity contribution is 0.0563.